The van der Waals surface area contributed by atoms with Gasteiger partial charge in [0.15, 0.2) is 0 Å². The molecule has 0 fully saturated rings. The van der Waals surface area contributed by atoms with Crippen LogP contribution in [0.1, 0.15) is 29.8 Å². The minimum Gasteiger partial charge on any atom is -0.338 e. The van der Waals surface area contributed by atoms with Crippen molar-refractivity contribution in [1.82, 2.24) is 4.90 Å². The lowest BCUT2D eigenvalue weighted by molar-refractivity contribution is 0.0752. The van der Waals surface area contributed by atoms with Crippen molar-refractivity contribution in [2.24, 2.45) is 5.92 Å². The van der Waals surface area contributed by atoms with E-state index >= 15 is 0 Å². The fraction of sp³-hybridized carbons (Fsp3) is 0.429. The summed E-state index contributed by atoms with van der Waals surface area (Å²) in [5.41, 5.74) is 1.70. The van der Waals surface area contributed by atoms with E-state index in [9.17, 15) is 4.79 Å². The van der Waals surface area contributed by atoms with Crippen LogP contribution in [-0.4, -0.2) is 23.9 Å². The zero-order valence-electron chi connectivity index (χ0n) is 10.9. The molecule has 4 heteroatoms. The molecular formula is C14H17BrN2O. The summed E-state index contributed by atoms with van der Waals surface area (Å²) in [5.74, 6) is -0.166. The van der Waals surface area contributed by atoms with E-state index < -0.39 is 0 Å². The molecule has 0 saturated carbocycles. The SMILES string of the molecule is CCN(CC(C)C#N)C(=O)c1ccc(Br)c(C)c1. The molecule has 0 radical (unpaired) electrons. The third-order valence-corrected chi connectivity index (χ3v) is 3.68. The first kappa shape index (κ1) is 14.7. The Morgan fingerprint density at radius 1 is 1.56 bits per heavy atom. The van der Waals surface area contributed by atoms with Gasteiger partial charge in [0.1, 0.15) is 0 Å². The lowest BCUT2D eigenvalue weighted by atomic mass is 10.1. The minimum atomic E-state index is -0.148. The minimum absolute atomic E-state index is 0.0183. The molecule has 0 bridgehead atoms. The first-order valence-corrected chi connectivity index (χ1v) is 6.74. The summed E-state index contributed by atoms with van der Waals surface area (Å²) < 4.78 is 0.993. The molecule has 0 aliphatic carbocycles. The van der Waals surface area contributed by atoms with Gasteiger partial charge in [-0.15, -0.1) is 0 Å². The van der Waals surface area contributed by atoms with E-state index in [2.05, 4.69) is 22.0 Å². The second kappa shape index (κ2) is 6.55. The number of carbonyl (C=O) groups is 1. The zero-order valence-corrected chi connectivity index (χ0v) is 12.5. The highest BCUT2D eigenvalue weighted by molar-refractivity contribution is 9.10. The van der Waals surface area contributed by atoms with Gasteiger partial charge in [0.2, 0.25) is 0 Å². The first-order valence-electron chi connectivity index (χ1n) is 5.94. The van der Waals surface area contributed by atoms with Crippen LogP contribution in [0.3, 0.4) is 0 Å². The zero-order chi connectivity index (χ0) is 13.7. The maximum absolute atomic E-state index is 12.3. The van der Waals surface area contributed by atoms with Crippen LogP contribution in [0.25, 0.3) is 0 Å². The number of hydrogen-bond acceptors (Lipinski definition) is 2. The monoisotopic (exact) mass is 308 g/mol. The average Bonchev–Trinajstić information content (AvgIpc) is 2.38. The number of benzene rings is 1. The van der Waals surface area contributed by atoms with Crippen LogP contribution in [0.15, 0.2) is 22.7 Å². The standard InChI is InChI=1S/C14H17BrN2O/c1-4-17(9-10(2)8-16)14(18)12-5-6-13(15)11(3)7-12/h5-7,10H,4,9H2,1-3H3. The Labute approximate surface area is 117 Å². The third-order valence-electron chi connectivity index (χ3n) is 2.79. The molecule has 1 atom stereocenters. The summed E-state index contributed by atoms with van der Waals surface area (Å²) in [6.45, 7) is 6.78. The van der Waals surface area contributed by atoms with Crippen molar-refractivity contribution in [1.29, 1.82) is 5.26 Å². The molecule has 1 unspecified atom stereocenters. The van der Waals surface area contributed by atoms with Crippen LogP contribution in [0.5, 0.6) is 0 Å². The number of aryl methyl sites for hydroxylation is 1. The van der Waals surface area contributed by atoms with E-state index in [0.717, 1.165) is 10.0 Å². The van der Waals surface area contributed by atoms with Crippen molar-refractivity contribution in [3.63, 3.8) is 0 Å². The second-order valence-corrected chi connectivity index (χ2v) is 5.19. The van der Waals surface area contributed by atoms with Crippen LogP contribution in [0.2, 0.25) is 0 Å². The molecule has 0 heterocycles. The number of amides is 1. The van der Waals surface area contributed by atoms with Gasteiger partial charge in [0, 0.05) is 23.1 Å². The van der Waals surface area contributed by atoms with Crippen molar-refractivity contribution in [3.05, 3.63) is 33.8 Å². The van der Waals surface area contributed by atoms with E-state index in [4.69, 9.17) is 5.26 Å². The van der Waals surface area contributed by atoms with Crippen LogP contribution in [0, 0.1) is 24.2 Å². The summed E-state index contributed by atoms with van der Waals surface area (Å²) in [6, 6.07) is 7.71. The molecule has 1 amide bonds. The lowest BCUT2D eigenvalue weighted by Crippen LogP contribution is -2.34. The highest BCUT2D eigenvalue weighted by atomic mass is 79.9. The Hall–Kier alpha value is -1.34. The molecule has 0 N–H and O–H groups in total. The van der Waals surface area contributed by atoms with Crippen LogP contribution < -0.4 is 0 Å². The van der Waals surface area contributed by atoms with Gasteiger partial charge in [0.05, 0.1) is 12.0 Å². The Balaban J connectivity index is 2.90. The van der Waals surface area contributed by atoms with Crippen LogP contribution in [-0.2, 0) is 0 Å². The molecule has 0 spiro atoms. The number of rotatable bonds is 4. The van der Waals surface area contributed by atoms with Gasteiger partial charge in [-0.3, -0.25) is 4.79 Å². The maximum atomic E-state index is 12.3. The number of carbonyl (C=O) groups excluding carboxylic acids is 1. The molecule has 0 aliphatic heterocycles. The molecule has 3 nitrogen and oxygen atoms in total. The number of halogens is 1. The van der Waals surface area contributed by atoms with Crippen LogP contribution in [0.4, 0.5) is 0 Å². The maximum Gasteiger partial charge on any atom is 0.253 e. The summed E-state index contributed by atoms with van der Waals surface area (Å²) in [5, 5.41) is 8.82. The van der Waals surface area contributed by atoms with Gasteiger partial charge < -0.3 is 4.90 Å². The van der Waals surface area contributed by atoms with Gasteiger partial charge in [-0.1, -0.05) is 15.9 Å². The number of hydrogen-bond donors (Lipinski definition) is 0. The molecule has 1 rings (SSSR count). The summed E-state index contributed by atoms with van der Waals surface area (Å²) in [4.78, 5) is 14.0. The van der Waals surface area contributed by atoms with Crippen molar-refractivity contribution < 1.29 is 4.79 Å². The lowest BCUT2D eigenvalue weighted by Gasteiger charge is -2.22. The van der Waals surface area contributed by atoms with Crippen molar-refractivity contribution >= 4 is 21.8 Å². The van der Waals surface area contributed by atoms with Gasteiger partial charge in [-0.2, -0.15) is 5.26 Å². The van der Waals surface area contributed by atoms with Crippen molar-refractivity contribution in [2.75, 3.05) is 13.1 Å². The molecule has 0 aromatic heterocycles. The molecule has 0 aliphatic rings. The van der Waals surface area contributed by atoms with Crippen molar-refractivity contribution in [3.8, 4) is 6.07 Å². The van der Waals surface area contributed by atoms with Gasteiger partial charge >= 0.3 is 0 Å². The number of nitrogens with zero attached hydrogens (tertiary/aromatic N) is 2. The largest absolute Gasteiger partial charge is 0.338 e. The Morgan fingerprint density at radius 3 is 2.72 bits per heavy atom. The topological polar surface area (TPSA) is 44.1 Å². The Morgan fingerprint density at radius 2 is 2.22 bits per heavy atom. The summed E-state index contributed by atoms with van der Waals surface area (Å²) in [6.07, 6.45) is 0. The average molecular weight is 309 g/mol. The molecule has 1 aromatic carbocycles. The van der Waals surface area contributed by atoms with E-state index in [1.807, 2.05) is 32.9 Å². The molecule has 18 heavy (non-hydrogen) atoms. The molecular weight excluding hydrogens is 292 g/mol. The first-order chi connectivity index (χ1) is 8.49. The quantitative estimate of drug-likeness (QED) is 0.856. The highest BCUT2D eigenvalue weighted by Crippen LogP contribution is 2.18. The van der Waals surface area contributed by atoms with Crippen LogP contribution >= 0.6 is 15.9 Å². The molecule has 0 saturated heterocycles. The third kappa shape index (κ3) is 3.58. The van der Waals surface area contributed by atoms with E-state index in [-0.39, 0.29) is 11.8 Å². The normalized spacial score (nSPS) is 11.7. The Bertz CT molecular complexity index is 479. The van der Waals surface area contributed by atoms with E-state index in [1.54, 1.807) is 11.0 Å². The number of nitriles is 1. The van der Waals surface area contributed by atoms with Gasteiger partial charge in [-0.05, 0) is 44.5 Å². The van der Waals surface area contributed by atoms with E-state index in [0.29, 0.717) is 18.7 Å². The predicted molar refractivity (Wildman–Crippen MR) is 75.2 cm³/mol. The predicted octanol–water partition coefficient (Wildman–Crippen LogP) is 3.38. The second-order valence-electron chi connectivity index (χ2n) is 4.34. The smallest absolute Gasteiger partial charge is 0.253 e. The fourth-order valence-corrected chi connectivity index (χ4v) is 1.93. The Kier molecular flexibility index (Phi) is 5.36. The van der Waals surface area contributed by atoms with E-state index in [1.165, 1.54) is 0 Å². The highest BCUT2D eigenvalue weighted by Gasteiger charge is 2.16. The van der Waals surface area contributed by atoms with Gasteiger partial charge in [0.25, 0.3) is 5.91 Å². The molecule has 96 valence electrons. The fourth-order valence-electron chi connectivity index (χ4n) is 1.69. The summed E-state index contributed by atoms with van der Waals surface area (Å²) >= 11 is 3.42. The van der Waals surface area contributed by atoms with Crippen molar-refractivity contribution in [2.45, 2.75) is 20.8 Å². The van der Waals surface area contributed by atoms with Gasteiger partial charge in [-0.25, -0.2) is 0 Å². The summed E-state index contributed by atoms with van der Waals surface area (Å²) in [7, 11) is 0. The molecule has 1 aromatic rings.